The first-order chi connectivity index (χ1) is 6.40. The molecule has 2 aliphatic rings. The molecule has 0 bridgehead atoms. The normalized spacial score (nSPS) is 30.8. The van der Waals surface area contributed by atoms with Crippen molar-refractivity contribution in [3.63, 3.8) is 0 Å². The molecule has 0 radical (unpaired) electrons. The highest BCUT2D eigenvalue weighted by atomic mass is 15.2. The average molecular weight is 178 g/mol. The van der Waals surface area contributed by atoms with Crippen LogP contribution in [-0.2, 0) is 0 Å². The van der Waals surface area contributed by atoms with Gasteiger partial charge in [0.25, 0.3) is 0 Å². The molecule has 0 aromatic carbocycles. The maximum Gasteiger partial charge on any atom is 0.0625 e. The Morgan fingerprint density at radius 2 is 2.00 bits per heavy atom. The summed E-state index contributed by atoms with van der Waals surface area (Å²) in [5.41, 5.74) is 0. The van der Waals surface area contributed by atoms with E-state index < -0.39 is 0 Å². The largest absolute Gasteiger partial charge is 0.300 e. The van der Waals surface area contributed by atoms with Crippen LogP contribution in [0.4, 0.5) is 0 Å². The molecule has 1 atom stereocenters. The maximum atomic E-state index is 8.61. The zero-order valence-corrected chi connectivity index (χ0v) is 8.21. The predicted molar refractivity (Wildman–Crippen MR) is 52.2 cm³/mol. The van der Waals surface area contributed by atoms with Crippen molar-refractivity contribution in [3.8, 4) is 6.07 Å². The first kappa shape index (κ1) is 9.02. The molecule has 0 amide bonds. The number of hydrogen-bond acceptors (Lipinski definition) is 2. The van der Waals surface area contributed by atoms with Crippen LogP contribution in [0.25, 0.3) is 0 Å². The Labute approximate surface area is 80.5 Å². The molecule has 1 aliphatic carbocycles. The second kappa shape index (κ2) is 4.11. The maximum absolute atomic E-state index is 8.61. The van der Waals surface area contributed by atoms with Gasteiger partial charge < -0.3 is 4.90 Å². The van der Waals surface area contributed by atoms with Crippen LogP contribution in [0.1, 0.15) is 38.5 Å². The van der Waals surface area contributed by atoms with Gasteiger partial charge in [0.1, 0.15) is 0 Å². The third kappa shape index (κ3) is 2.03. The van der Waals surface area contributed by atoms with E-state index in [1.54, 1.807) is 0 Å². The Morgan fingerprint density at radius 1 is 1.23 bits per heavy atom. The van der Waals surface area contributed by atoms with Crippen molar-refractivity contribution >= 4 is 0 Å². The summed E-state index contributed by atoms with van der Waals surface area (Å²) in [4.78, 5) is 2.62. The fourth-order valence-corrected chi connectivity index (χ4v) is 2.76. The van der Waals surface area contributed by atoms with Crippen molar-refractivity contribution in [2.45, 2.75) is 44.6 Å². The van der Waals surface area contributed by atoms with E-state index in [4.69, 9.17) is 5.26 Å². The molecule has 1 aliphatic heterocycles. The Morgan fingerprint density at radius 3 is 2.69 bits per heavy atom. The number of nitriles is 1. The Hall–Kier alpha value is -0.550. The van der Waals surface area contributed by atoms with E-state index in [9.17, 15) is 0 Å². The van der Waals surface area contributed by atoms with E-state index in [1.165, 1.54) is 45.2 Å². The lowest BCUT2D eigenvalue weighted by molar-refractivity contribution is 0.238. The molecule has 1 saturated heterocycles. The highest BCUT2D eigenvalue weighted by Gasteiger charge is 2.29. The van der Waals surface area contributed by atoms with Crippen LogP contribution in [0, 0.1) is 17.2 Å². The van der Waals surface area contributed by atoms with Crippen LogP contribution in [0.3, 0.4) is 0 Å². The Balaban J connectivity index is 1.80. The molecule has 0 aromatic heterocycles. The van der Waals surface area contributed by atoms with Crippen LogP contribution in [0.15, 0.2) is 0 Å². The van der Waals surface area contributed by atoms with Crippen molar-refractivity contribution in [2.75, 3.05) is 13.1 Å². The van der Waals surface area contributed by atoms with Gasteiger partial charge in [-0.1, -0.05) is 12.8 Å². The molecular formula is C11H18N2. The summed E-state index contributed by atoms with van der Waals surface area (Å²) >= 11 is 0. The van der Waals surface area contributed by atoms with Crippen molar-refractivity contribution < 1.29 is 0 Å². The molecule has 0 N–H and O–H groups in total. The lowest BCUT2D eigenvalue weighted by Crippen LogP contribution is -2.30. The number of nitrogens with zero attached hydrogens (tertiary/aromatic N) is 2. The molecule has 0 aromatic rings. The monoisotopic (exact) mass is 178 g/mol. The smallest absolute Gasteiger partial charge is 0.0625 e. The van der Waals surface area contributed by atoms with Crippen molar-refractivity contribution in [2.24, 2.45) is 5.92 Å². The van der Waals surface area contributed by atoms with Crippen LogP contribution < -0.4 is 0 Å². The molecular weight excluding hydrogens is 160 g/mol. The summed E-state index contributed by atoms with van der Waals surface area (Å²) < 4.78 is 0. The molecule has 2 fully saturated rings. The molecule has 72 valence electrons. The SMILES string of the molecule is N#CCC1CCN(C2CCCC2)C1. The third-order valence-corrected chi connectivity index (χ3v) is 3.54. The number of hydrogen-bond donors (Lipinski definition) is 0. The predicted octanol–water partition coefficient (Wildman–Crippen LogP) is 2.16. The van der Waals surface area contributed by atoms with Gasteiger partial charge in [0.15, 0.2) is 0 Å². The summed E-state index contributed by atoms with van der Waals surface area (Å²) in [7, 11) is 0. The molecule has 13 heavy (non-hydrogen) atoms. The van der Waals surface area contributed by atoms with E-state index >= 15 is 0 Å². The van der Waals surface area contributed by atoms with E-state index in [1.807, 2.05) is 0 Å². The third-order valence-electron chi connectivity index (χ3n) is 3.54. The molecule has 0 spiro atoms. The van der Waals surface area contributed by atoms with Gasteiger partial charge in [0, 0.05) is 19.0 Å². The molecule has 2 nitrogen and oxygen atoms in total. The average Bonchev–Trinajstić information content (AvgIpc) is 2.70. The van der Waals surface area contributed by atoms with E-state index in [0.29, 0.717) is 5.92 Å². The zero-order chi connectivity index (χ0) is 9.10. The van der Waals surface area contributed by atoms with E-state index in [-0.39, 0.29) is 0 Å². The topological polar surface area (TPSA) is 27.0 Å². The van der Waals surface area contributed by atoms with Crippen LogP contribution >= 0.6 is 0 Å². The fourth-order valence-electron chi connectivity index (χ4n) is 2.76. The second-order valence-electron chi connectivity index (χ2n) is 4.45. The highest BCUT2D eigenvalue weighted by Crippen LogP contribution is 2.29. The van der Waals surface area contributed by atoms with Gasteiger partial charge in [-0.05, 0) is 31.7 Å². The number of rotatable bonds is 2. The van der Waals surface area contributed by atoms with Gasteiger partial charge in [-0.2, -0.15) is 5.26 Å². The minimum atomic E-state index is 0.672. The lowest BCUT2D eigenvalue weighted by atomic mass is 10.1. The molecule has 1 saturated carbocycles. The molecule has 2 heteroatoms. The van der Waals surface area contributed by atoms with Gasteiger partial charge in [-0.25, -0.2) is 0 Å². The standard InChI is InChI=1S/C11H18N2/c12-7-5-10-6-8-13(9-10)11-3-1-2-4-11/h10-11H,1-6,8-9H2. The van der Waals surface area contributed by atoms with E-state index in [0.717, 1.165) is 12.5 Å². The summed E-state index contributed by atoms with van der Waals surface area (Å²) in [6.45, 7) is 2.44. The second-order valence-corrected chi connectivity index (χ2v) is 4.45. The van der Waals surface area contributed by atoms with Gasteiger partial charge in [0.2, 0.25) is 0 Å². The van der Waals surface area contributed by atoms with Gasteiger partial charge >= 0.3 is 0 Å². The molecule has 2 rings (SSSR count). The first-order valence-electron chi connectivity index (χ1n) is 5.51. The Bertz CT molecular complexity index is 201. The van der Waals surface area contributed by atoms with Crippen LogP contribution in [0.5, 0.6) is 0 Å². The van der Waals surface area contributed by atoms with Crippen molar-refractivity contribution in [1.29, 1.82) is 5.26 Å². The quantitative estimate of drug-likeness (QED) is 0.648. The minimum absolute atomic E-state index is 0.672. The summed E-state index contributed by atoms with van der Waals surface area (Å²) in [5.74, 6) is 0.672. The van der Waals surface area contributed by atoms with Gasteiger partial charge in [-0.15, -0.1) is 0 Å². The zero-order valence-electron chi connectivity index (χ0n) is 8.21. The fraction of sp³-hybridized carbons (Fsp3) is 0.909. The van der Waals surface area contributed by atoms with Gasteiger partial charge in [-0.3, -0.25) is 0 Å². The van der Waals surface area contributed by atoms with Crippen LogP contribution in [0.2, 0.25) is 0 Å². The summed E-state index contributed by atoms with van der Waals surface area (Å²) in [5, 5.41) is 8.61. The van der Waals surface area contributed by atoms with E-state index in [2.05, 4.69) is 11.0 Å². The minimum Gasteiger partial charge on any atom is -0.300 e. The molecule has 1 unspecified atom stereocenters. The molecule has 1 heterocycles. The first-order valence-corrected chi connectivity index (χ1v) is 5.51. The van der Waals surface area contributed by atoms with Crippen molar-refractivity contribution in [3.05, 3.63) is 0 Å². The van der Waals surface area contributed by atoms with Crippen molar-refractivity contribution in [1.82, 2.24) is 4.90 Å². The highest BCUT2D eigenvalue weighted by molar-refractivity contribution is 4.87. The Kier molecular flexibility index (Phi) is 2.85. The summed E-state index contributed by atoms with van der Waals surface area (Å²) in [6, 6.07) is 3.16. The van der Waals surface area contributed by atoms with Crippen LogP contribution in [-0.4, -0.2) is 24.0 Å². The summed E-state index contributed by atoms with van der Waals surface area (Å²) in [6.07, 6.45) is 7.67. The lowest BCUT2D eigenvalue weighted by Gasteiger charge is -2.23. The number of likely N-dealkylation sites (tertiary alicyclic amines) is 1. The van der Waals surface area contributed by atoms with Gasteiger partial charge in [0.05, 0.1) is 6.07 Å².